The van der Waals surface area contributed by atoms with Crippen LogP contribution in [-0.4, -0.2) is 13.5 Å². The SMILES string of the molecule is c1ccc2c(c1)CN(c1ccc(Oc3ccc(-c4ccc(Oc5ccc(N6COc7ccccc7C6)cc5)cc4)cc3)cc1)CO2. The third-order valence-corrected chi connectivity index (χ3v) is 8.34. The lowest BCUT2D eigenvalue weighted by molar-refractivity contribution is 0.289. The molecule has 0 N–H and O–H groups in total. The van der Waals surface area contributed by atoms with Gasteiger partial charge in [-0.1, -0.05) is 60.7 Å². The van der Waals surface area contributed by atoms with Crippen LogP contribution in [0.25, 0.3) is 11.1 Å². The first-order chi connectivity index (χ1) is 22.7. The largest absolute Gasteiger partial charge is 0.473 e. The van der Waals surface area contributed by atoms with E-state index in [0.717, 1.165) is 70.1 Å². The summed E-state index contributed by atoms with van der Waals surface area (Å²) in [7, 11) is 0. The first-order valence-electron chi connectivity index (χ1n) is 15.4. The Balaban J connectivity index is 0.859. The van der Waals surface area contributed by atoms with E-state index in [2.05, 4.69) is 70.5 Å². The second-order valence-corrected chi connectivity index (χ2v) is 11.4. The highest BCUT2D eigenvalue weighted by Crippen LogP contribution is 2.33. The Labute approximate surface area is 268 Å². The van der Waals surface area contributed by atoms with Crippen molar-refractivity contribution in [2.45, 2.75) is 13.1 Å². The van der Waals surface area contributed by atoms with Crippen LogP contribution in [0.15, 0.2) is 146 Å². The number of nitrogens with zero attached hydrogens (tertiary/aromatic N) is 2. The predicted octanol–water partition coefficient (Wildman–Crippen LogP) is 9.65. The first-order valence-corrected chi connectivity index (χ1v) is 15.4. The Morgan fingerprint density at radius 2 is 0.739 bits per heavy atom. The van der Waals surface area contributed by atoms with Crippen molar-refractivity contribution in [2.75, 3.05) is 23.3 Å². The molecule has 2 aliphatic heterocycles. The molecule has 226 valence electrons. The number of rotatable bonds is 7. The van der Waals surface area contributed by atoms with Gasteiger partial charge in [0.2, 0.25) is 0 Å². The third kappa shape index (κ3) is 5.93. The zero-order valence-electron chi connectivity index (χ0n) is 25.2. The van der Waals surface area contributed by atoms with Gasteiger partial charge in [-0.3, -0.25) is 0 Å². The molecule has 0 saturated carbocycles. The van der Waals surface area contributed by atoms with E-state index in [4.69, 9.17) is 18.9 Å². The minimum Gasteiger partial charge on any atom is -0.473 e. The second-order valence-electron chi connectivity index (χ2n) is 11.4. The number of ether oxygens (including phenoxy) is 4. The second kappa shape index (κ2) is 12.3. The van der Waals surface area contributed by atoms with Crippen LogP contribution in [0.3, 0.4) is 0 Å². The van der Waals surface area contributed by atoms with Crippen LogP contribution in [0, 0.1) is 0 Å². The van der Waals surface area contributed by atoms with Gasteiger partial charge < -0.3 is 28.7 Å². The maximum atomic E-state index is 6.14. The molecule has 0 fully saturated rings. The highest BCUT2D eigenvalue weighted by Gasteiger charge is 2.18. The molecule has 0 saturated heterocycles. The average Bonchev–Trinajstić information content (AvgIpc) is 3.12. The predicted molar refractivity (Wildman–Crippen MR) is 181 cm³/mol. The molecule has 46 heavy (non-hydrogen) atoms. The average molecular weight is 605 g/mol. The van der Waals surface area contributed by atoms with E-state index in [9.17, 15) is 0 Å². The molecule has 0 aromatic heterocycles. The van der Waals surface area contributed by atoms with Gasteiger partial charge >= 0.3 is 0 Å². The van der Waals surface area contributed by atoms with Crippen LogP contribution in [0.5, 0.6) is 34.5 Å². The number of anilines is 2. The van der Waals surface area contributed by atoms with Crippen LogP contribution in [0.2, 0.25) is 0 Å². The van der Waals surface area contributed by atoms with E-state index in [1.54, 1.807) is 0 Å². The summed E-state index contributed by atoms with van der Waals surface area (Å²) >= 11 is 0. The Morgan fingerprint density at radius 1 is 0.391 bits per heavy atom. The van der Waals surface area contributed by atoms with Crippen molar-refractivity contribution in [3.8, 4) is 45.6 Å². The Morgan fingerprint density at radius 3 is 1.13 bits per heavy atom. The summed E-state index contributed by atoms with van der Waals surface area (Å²) in [6.07, 6.45) is 0. The maximum absolute atomic E-state index is 6.14. The highest BCUT2D eigenvalue weighted by molar-refractivity contribution is 5.65. The third-order valence-electron chi connectivity index (χ3n) is 8.34. The number of hydrogen-bond acceptors (Lipinski definition) is 6. The molecule has 6 aromatic rings. The molecule has 6 nitrogen and oxygen atoms in total. The van der Waals surface area contributed by atoms with Crippen LogP contribution in [0.4, 0.5) is 11.4 Å². The Kier molecular flexibility index (Phi) is 7.36. The Hall–Kier alpha value is -5.88. The van der Waals surface area contributed by atoms with Crippen molar-refractivity contribution in [3.05, 3.63) is 157 Å². The van der Waals surface area contributed by atoms with Gasteiger partial charge in [0, 0.05) is 35.6 Å². The van der Waals surface area contributed by atoms with E-state index >= 15 is 0 Å². The molecule has 0 aliphatic carbocycles. The lowest BCUT2D eigenvalue weighted by Gasteiger charge is -2.30. The van der Waals surface area contributed by atoms with E-state index in [1.165, 1.54) is 11.1 Å². The van der Waals surface area contributed by atoms with Crippen molar-refractivity contribution >= 4 is 11.4 Å². The van der Waals surface area contributed by atoms with Crippen LogP contribution < -0.4 is 28.7 Å². The number of fused-ring (bicyclic) bond motifs is 2. The molecule has 8 rings (SSSR count). The number of hydrogen-bond donors (Lipinski definition) is 0. The fraction of sp³-hybridized carbons (Fsp3) is 0.100. The summed E-state index contributed by atoms with van der Waals surface area (Å²) < 4.78 is 24.1. The summed E-state index contributed by atoms with van der Waals surface area (Å²) in [5, 5.41) is 0. The summed E-state index contributed by atoms with van der Waals surface area (Å²) in [4.78, 5) is 4.41. The van der Waals surface area contributed by atoms with Crippen LogP contribution in [0.1, 0.15) is 11.1 Å². The van der Waals surface area contributed by atoms with Gasteiger partial charge in [-0.2, -0.15) is 0 Å². The number of benzene rings is 6. The van der Waals surface area contributed by atoms with Gasteiger partial charge in [-0.15, -0.1) is 0 Å². The van der Waals surface area contributed by atoms with Crippen molar-refractivity contribution < 1.29 is 18.9 Å². The molecule has 0 atom stereocenters. The van der Waals surface area contributed by atoms with Crippen LogP contribution in [-0.2, 0) is 13.1 Å². The molecular weight excluding hydrogens is 572 g/mol. The minimum atomic E-state index is 0.532. The zero-order chi connectivity index (χ0) is 30.7. The Bertz CT molecular complexity index is 1790. The molecule has 6 heteroatoms. The molecular formula is C40H32N2O4. The molecule has 0 amide bonds. The molecule has 2 heterocycles. The number of para-hydroxylation sites is 2. The van der Waals surface area contributed by atoms with Gasteiger partial charge in [0.05, 0.1) is 0 Å². The van der Waals surface area contributed by atoms with Crippen molar-refractivity contribution in [2.24, 2.45) is 0 Å². The summed E-state index contributed by atoms with van der Waals surface area (Å²) in [5.41, 5.74) is 6.79. The monoisotopic (exact) mass is 604 g/mol. The molecule has 0 unspecified atom stereocenters. The molecule has 0 radical (unpaired) electrons. The normalized spacial score (nSPS) is 13.6. The van der Waals surface area contributed by atoms with E-state index in [-0.39, 0.29) is 0 Å². The lowest BCUT2D eigenvalue weighted by atomic mass is 10.1. The summed E-state index contributed by atoms with van der Waals surface area (Å²) in [5.74, 6) is 5.08. The minimum absolute atomic E-state index is 0.532. The van der Waals surface area contributed by atoms with Gasteiger partial charge in [0.1, 0.15) is 34.5 Å². The van der Waals surface area contributed by atoms with Gasteiger partial charge in [-0.05, 0) is 96.1 Å². The molecule has 6 aromatic carbocycles. The van der Waals surface area contributed by atoms with Crippen molar-refractivity contribution in [1.29, 1.82) is 0 Å². The van der Waals surface area contributed by atoms with Crippen LogP contribution >= 0.6 is 0 Å². The van der Waals surface area contributed by atoms with E-state index in [0.29, 0.717) is 13.5 Å². The van der Waals surface area contributed by atoms with Crippen molar-refractivity contribution in [3.63, 3.8) is 0 Å². The fourth-order valence-electron chi connectivity index (χ4n) is 5.83. The zero-order valence-corrected chi connectivity index (χ0v) is 25.2. The summed E-state index contributed by atoms with van der Waals surface area (Å²) in [6, 6.07) is 48.9. The molecule has 0 spiro atoms. The quantitative estimate of drug-likeness (QED) is 0.181. The summed E-state index contributed by atoms with van der Waals surface area (Å²) in [6.45, 7) is 2.71. The van der Waals surface area contributed by atoms with Gasteiger partial charge in [0.25, 0.3) is 0 Å². The smallest absolute Gasteiger partial charge is 0.161 e. The van der Waals surface area contributed by atoms with E-state index < -0.39 is 0 Å². The molecule has 0 bridgehead atoms. The standard InChI is InChI=1S/C40H32N2O4/c1-3-7-39-31(5-1)25-41(27-43-39)33-13-21-37(22-14-33)45-35-17-9-29(10-18-35)30-11-19-36(20-12-30)46-38-23-15-34(16-24-38)42-26-32-6-2-4-8-40(32)44-28-42/h1-24H,25-28H2. The van der Waals surface area contributed by atoms with Crippen molar-refractivity contribution in [1.82, 2.24) is 0 Å². The van der Waals surface area contributed by atoms with Gasteiger partial charge in [-0.25, -0.2) is 0 Å². The van der Waals surface area contributed by atoms with E-state index in [1.807, 2.05) is 84.9 Å². The highest BCUT2D eigenvalue weighted by atomic mass is 16.5. The first kappa shape index (κ1) is 27.7. The van der Waals surface area contributed by atoms with Gasteiger partial charge in [0.15, 0.2) is 13.5 Å². The molecule has 2 aliphatic rings. The fourth-order valence-corrected chi connectivity index (χ4v) is 5.83. The maximum Gasteiger partial charge on any atom is 0.161 e. The topological polar surface area (TPSA) is 43.4 Å². The lowest BCUT2D eigenvalue weighted by Crippen LogP contribution is -2.31.